The van der Waals surface area contributed by atoms with E-state index in [1.165, 1.54) is 5.56 Å². The molecule has 0 saturated carbocycles. The molecule has 0 aliphatic carbocycles. The molecule has 3 saturated heterocycles. The van der Waals surface area contributed by atoms with E-state index in [4.69, 9.17) is 25.2 Å². The van der Waals surface area contributed by atoms with Crippen molar-refractivity contribution in [3.05, 3.63) is 35.9 Å². The van der Waals surface area contributed by atoms with Crippen LogP contribution in [0.3, 0.4) is 0 Å². The molecule has 0 unspecified atom stereocenters. The molecular formula is C24H34N6O2. The molecule has 3 aliphatic rings. The summed E-state index contributed by atoms with van der Waals surface area (Å²) in [4.78, 5) is 16.8. The molecule has 5 rings (SSSR count). The maximum absolute atomic E-state index is 6.64. The van der Waals surface area contributed by atoms with Gasteiger partial charge in [0.1, 0.15) is 5.69 Å². The van der Waals surface area contributed by atoms with Crippen LogP contribution < -0.4 is 20.4 Å². The third-order valence-corrected chi connectivity index (χ3v) is 6.78. The van der Waals surface area contributed by atoms with Crippen molar-refractivity contribution in [1.29, 1.82) is 0 Å². The van der Waals surface area contributed by atoms with Gasteiger partial charge < -0.3 is 29.9 Å². The van der Waals surface area contributed by atoms with E-state index in [-0.39, 0.29) is 0 Å². The van der Waals surface area contributed by atoms with Crippen LogP contribution in [0.15, 0.2) is 30.3 Å². The van der Waals surface area contributed by atoms with Crippen molar-refractivity contribution in [2.45, 2.75) is 19.3 Å². The van der Waals surface area contributed by atoms with Crippen molar-refractivity contribution in [2.75, 3.05) is 86.1 Å². The van der Waals surface area contributed by atoms with Gasteiger partial charge in [0.15, 0.2) is 11.6 Å². The second-order valence-corrected chi connectivity index (χ2v) is 8.90. The maximum atomic E-state index is 6.64. The molecule has 3 fully saturated rings. The smallest absolute Gasteiger partial charge is 0.229 e. The number of anilines is 4. The Balaban J connectivity index is 1.35. The highest BCUT2D eigenvalue weighted by molar-refractivity contribution is 5.78. The number of hydrogen-bond donors (Lipinski definition) is 1. The average Bonchev–Trinajstić information content (AvgIpc) is 2.86. The highest BCUT2D eigenvalue weighted by atomic mass is 16.5. The zero-order valence-corrected chi connectivity index (χ0v) is 18.8. The van der Waals surface area contributed by atoms with Crippen LogP contribution in [0.1, 0.15) is 18.4 Å². The normalized spacial score (nSPS) is 20.6. The Morgan fingerprint density at radius 3 is 1.81 bits per heavy atom. The summed E-state index contributed by atoms with van der Waals surface area (Å²) < 4.78 is 11.1. The lowest BCUT2D eigenvalue weighted by molar-refractivity contribution is 0.122. The second kappa shape index (κ2) is 9.92. The molecule has 2 aromatic rings. The largest absolute Gasteiger partial charge is 0.393 e. The summed E-state index contributed by atoms with van der Waals surface area (Å²) in [6.07, 6.45) is 3.46. The number of benzene rings is 1. The zero-order valence-electron chi connectivity index (χ0n) is 18.8. The highest BCUT2D eigenvalue weighted by Gasteiger charge is 2.27. The van der Waals surface area contributed by atoms with Gasteiger partial charge in [-0.1, -0.05) is 30.3 Å². The summed E-state index contributed by atoms with van der Waals surface area (Å²) in [6.45, 7) is 8.01. The minimum absolute atomic E-state index is 0.677. The summed E-state index contributed by atoms with van der Waals surface area (Å²) in [7, 11) is 0. The van der Waals surface area contributed by atoms with Crippen molar-refractivity contribution in [1.82, 2.24) is 9.97 Å². The fraction of sp³-hybridized carbons (Fsp3) is 0.583. The third-order valence-electron chi connectivity index (χ3n) is 6.78. The first-order valence-corrected chi connectivity index (χ1v) is 11.9. The monoisotopic (exact) mass is 438 g/mol. The number of nitrogens with two attached hydrogens (primary N) is 1. The summed E-state index contributed by atoms with van der Waals surface area (Å²) in [5, 5.41) is 0. The summed E-state index contributed by atoms with van der Waals surface area (Å²) in [5.41, 5.74) is 8.75. The first kappa shape index (κ1) is 21.3. The minimum Gasteiger partial charge on any atom is -0.393 e. The molecule has 0 radical (unpaired) electrons. The van der Waals surface area contributed by atoms with Crippen molar-refractivity contribution < 1.29 is 9.47 Å². The molecule has 0 atom stereocenters. The van der Waals surface area contributed by atoms with Gasteiger partial charge in [0.2, 0.25) is 5.95 Å². The lowest BCUT2D eigenvalue weighted by atomic mass is 9.90. The Hall–Kier alpha value is -2.58. The Kier molecular flexibility index (Phi) is 6.59. The van der Waals surface area contributed by atoms with E-state index >= 15 is 0 Å². The second-order valence-electron chi connectivity index (χ2n) is 8.90. The van der Waals surface area contributed by atoms with E-state index in [1.807, 2.05) is 0 Å². The molecule has 32 heavy (non-hydrogen) atoms. The van der Waals surface area contributed by atoms with Crippen molar-refractivity contribution in [3.8, 4) is 0 Å². The lowest BCUT2D eigenvalue weighted by Gasteiger charge is -2.36. The van der Waals surface area contributed by atoms with Crippen molar-refractivity contribution in [2.24, 2.45) is 5.92 Å². The zero-order chi connectivity index (χ0) is 21.8. The number of rotatable bonds is 5. The van der Waals surface area contributed by atoms with Crippen LogP contribution in [-0.4, -0.2) is 75.7 Å². The highest BCUT2D eigenvalue weighted by Crippen LogP contribution is 2.34. The van der Waals surface area contributed by atoms with Gasteiger partial charge in [-0.15, -0.1) is 0 Å². The van der Waals surface area contributed by atoms with Crippen LogP contribution in [0.5, 0.6) is 0 Å². The number of morpholine rings is 2. The molecule has 8 heteroatoms. The molecule has 0 spiro atoms. The van der Waals surface area contributed by atoms with Crippen LogP contribution in [0, 0.1) is 5.92 Å². The first-order chi connectivity index (χ1) is 15.8. The van der Waals surface area contributed by atoms with E-state index in [0.29, 0.717) is 38.0 Å². The first-order valence-electron chi connectivity index (χ1n) is 11.9. The SMILES string of the molecule is Nc1c(N2CCOCC2)nc(N2CCC(Cc3ccccc3)CC2)nc1N1CCOCC1. The van der Waals surface area contributed by atoms with Gasteiger partial charge in [0.25, 0.3) is 0 Å². The Labute approximate surface area is 190 Å². The fourth-order valence-electron chi connectivity index (χ4n) is 4.89. The molecule has 2 N–H and O–H groups in total. The molecular weight excluding hydrogens is 404 g/mol. The van der Waals surface area contributed by atoms with Crippen LogP contribution in [-0.2, 0) is 15.9 Å². The van der Waals surface area contributed by atoms with Crippen LogP contribution in [0.2, 0.25) is 0 Å². The Morgan fingerprint density at radius 1 is 0.750 bits per heavy atom. The van der Waals surface area contributed by atoms with Gasteiger partial charge >= 0.3 is 0 Å². The van der Waals surface area contributed by atoms with E-state index in [2.05, 4.69) is 45.0 Å². The average molecular weight is 439 g/mol. The molecule has 172 valence electrons. The number of aromatic nitrogens is 2. The predicted octanol–water partition coefficient (Wildman–Crippen LogP) is 2.19. The van der Waals surface area contributed by atoms with E-state index in [0.717, 1.165) is 76.1 Å². The number of ether oxygens (including phenoxy) is 2. The van der Waals surface area contributed by atoms with E-state index in [1.54, 1.807) is 0 Å². The predicted molar refractivity (Wildman–Crippen MR) is 128 cm³/mol. The summed E-state index contributed by atoms with van der Waals surface area (Å²) in [6, 6.07) is 10.8. The number of nitrogen functional groups attached to an aromatic ring is 1. The number of nitrogens with zero attached hydrogens (tertiary/aromatic N) is 5. The third kappa shape index (κ3) is 4.76. The molecule has 1 aromatic carbocycles. The molecule has 8 nitrogen and oxygen atoms in total. The van der Waals surface area contributed by atoms with Gasteiger partial charge in [-0.25, -0.2) is 0 Å². The van der Waals surface area contributed by atoms with Crippen molar-refractivity contribution in [3.63, 3.8) is 0 Å². The van der Waals surface area contributed by atoms with Crippen LogP contribution in [0.25, 0.3) is 0 Å². The van der Waals surface area contributed by atoms with Crippen LogP contribution >= 0.6 is 0 Å². The summed E-state index contributed by atoms with van der Waals surface area (Å²) in [5.74, 6) is 3.22. The molecule has 0 amide bonds. The van der Waals surface area contributed by atoms with Crippen molar-refractivity contribution >= 4 is 23.3 Å². The van der Waals surface area contributed by atoms with Gasteiger partial charge in [-0.2, -0.15) is 9.97 Å². The quantitative estimate of drug-likeness (QED) is 0.761. The number of piperidine rings is 1. The molecule has 3 aliphatic heterocycles. The maximum Gasteiger partial charge on any atom is 0.229 e. The van der Waals surface area contributed by atoms with Gasteiger partial charge in [-0.3, -0.25) is 0 Å². The fourth-order valence-corrected chi connectivity index (χ4v) is 4.89. The van der Waals surface area contributed by atoms with E-state index < -0.39 is 0 Å². The molecule has 1 aromatic heterocycles. The van der Waals surface area contributed by atoms with E-state index in [9.17, 15) is 0 Å². The van der Waals surface area contributed by atoms with Gasteiger partial charge in [0, 0.05) is 39.3 Å². The Bertz CT molecular complexity index is 836. The lowest BCUT2D eigenvalue weighted by Crippen LogP contribution is -2.41. The standard InChI is InChI=1S/C24H34N6O2/c25-21-22(28-10-14-31-15-11-28)26-24(27-23(21)29-12-16-32-17-13-29)30-8-6-20(7-9-30)18-19-4-2-1-3-5-19/h1-5,20H,6-18,25H2. The molecule has 0 bridgehead atoms. The minimum atomic E-state index is 0.677. The topological polar surface area (TPSA) is 80.0 Å². The van der Waals surface area contributed by atoms with Crippen LogP contribution in [0.4, 0.5) is 23.3 Å². The van der Waals surface area contributed by atoms with Gasteiger partial charge in [-0.05, 0) is 30.7 Å². The summed E-state index contributed by atoms with van der Waals surface area (Å²) >= 11 is 0. The van der Waals surface area contributed by atoms with Gasteiger partial charge in [0.05, 0.1) is 26.4 Å². The Morgan fingerprint density at radius 2 is 1.28 bits per heavy atom. The number of hydrogen-bond acceptors (Lipinski definition) is 8. The molecule has 4 heterocycles.